The fourth-order valence-electron chi connectivity index (χ4n) is 1.61. The van der Waals surface area contributed by atoms with Crippen LogP contribution in [0.2, 0.25) is 0 Å². The zero-order valence-electron chi connectivity index (χ0n) is 8.58. The summed E-state index contributed by atoms with van der Waals surface area (Å²) in [5.41, 5.74) is 3.08. The van der Waals surface area contributed by atoms with Crippen LogP contribution >= 0.6 is 27.3 Å². The number of hydrogen-bond donors (Lipinski definition) is 2. The van der Waals surface area contributed by atoms with Crippen molar-refractivity contribution in [2.24, 2.45) is 5.84 Å². The maximum Gasteiger partial charge on any atom is 0.131 e. The van der Waals surface area contributed by atoms with E-state index in [0.717, 1.165) is 3.79 Å². The van der Waals surface area contributed by atoms with Crippen molar-refractivity contribution in [3.63, 3.8) is 0 Å². The van der Waals surface area contributed by atoms with E-state index < -0.39 is 17.7 Å². The SMILES string of the molecule is NNC(c1csc(Br)c1)c1c(F)cccc1F. The Bertz CT molecular complexity index is 510. The highest BCUT2D eigenvalue weighted by molar-refractivity contribution is 9.11. The van der Waals surface area contributed by atoms with Crippen LogP contribution in [0.5, 0.6) is 0 Å². The van der Waals surface area contributed by atoms with Crippen molar-refractivity contribution < 1.29 is 8.78 Å². The first kappa shape index (κ1) is 12.6. The Balaban J connectivity index is 2.49. The smallest absolute Gasteiger partial charge is 0.131 e. The van der Waals surface area contributed by atoms with E-state index in [0.29, 0.717) is 5.56 Å². The van der Waals surface area contributed by atoms with Crippen molar-refractivity contribution >= 4 is 27.3 Å². The number of halogens is 3. The van der Waals surface area contributed by atoms with E-state index in [1.165, 1.54) is 29.5 Å². The van der Waals surface area contributed by atoms with E-state index in [-0.39, 0.29) is 5.56 Å². The first-order valence-corrected chi connectivity index (χ1v) is 6.44. The van der Waals surface area contributed by atoms with Crippen LogP contribution in [0.15, 0.2) is 33.4 Å². The molecule has 1 atom stereocenters. The molecular weight excluding hydrogens is 310 g/mol. The minimum Gasteiger partial charge on any atom is -0.271 e. The van der Waals surface area contributed by atoms with E-state index in [1.54, 1.807) is 11.4 Å². The zero-order valence-corrected chi connectivity index (χ0v) is 11.0. The third kappa shape index (κ3) is 2.55. The van der Waals surface area contributed by atoms with Crippen LogP contribution in [0.4, 0.5) is 8.78 Å². The molecule has 0 fully saturated rings. The molecule has 0 spiro atoms. The van der Waals surface area contributed by atoms with Crippen molar-refractivity contribution in [2.75, 3.05) is 0 Å². The van der Waals surface area contributed by atoms with Crippen LogP contribution in [0.25, 0.3) is 0 Å². The van der Waals surface area contributed by atoms with Crippen molar-refractivity contribution in [3.8, 4) is 0 Å². The van der Waals surface area contributed by atoms with E-state index >= 15 is 0 Å². The molecule has 1 unspecified atom stereocenters. The fraction of sp³-hybridized carbons (Fsp3) is 0.0909. The molecule has 90 valence electrons. The summed E-state index contributed by atoms with van der Waals surface area (Å²) in [5.74, 6) is 4.16. The lowest BCUT2D eigenvalue weighted by atomic mass is 10.0. The summed E-state index contributed by atoms with van der Waals surface area (Å²) in [6, 6.07) is 4.83. The van der Waals surface area contributed by atoms with Gasteiger partial charge in [-0.25, -0.2) is 14.2 Å². The van der Waals surface area contributed by atoms with Crippen molar-refractivity contribution in [1.29, 1.82) is 0 Å². The number of hydrazine groups is 1. The van der Waals surface area contributed by atoms with Gasteiger partial charge >= 0.3 is 0 Å². The Labute approximate surface area is 110 Å². The van der Waals surface area contributed by atoms with Crippen molar-refractivity contribution in [3.05, 3.63) is 56.2 Å². The minimum absolute atomic E-state index is 0.0692. The number of thiophene rings is 1. The lowest BCUT2D eigenvalue weighted by Gasteiger charge is -2.16. The highest BCUT2D eigenvalue weighted by atomic mass is 79.9. The van der Waals surface area contributed by atoms with Gasteiger partial charge in [0.15, 0.2) is 0 Å². The molecule has 0 saturated heterocycles. The second-order valence-corrected chi connectivity index (χ2v) is 5.71. The molecule has 0 radical (unpaired) electrons. The molecule has 2 aromatic rings. The largest absolute Gasteiger partial charge is 0.271 e. The predicted octanol–water partition coefficient (Wildman–Crippen LogP) is 3.34. The Morgan fingerprint density at radius 3 is 2.41 bits per heavy atom. The van der Waals surface area contributed by atoms with Gasteiger partial charge in [0.1, 0.15) is 11.6 Å². The average Bonchev–Trinajstić information content (AvgIpc) is 2.70. The van der Waals surface area contributed by atoms with Gasteiger partial charge in [-0.3, -0.25) is 5.84 Å². The molecule has 0 aliphatic heterocycles. The predicted molar refractivity (Wildman–Crippen MR) is 67.5 cm³/mol. The molecule has 0 saturated carbocycles. The fourth-order valence-corrected chi connectivity index (χ4v) is 2.81. The number of rotatable bonds is 3. The summed E-state index contributed by atoms with van der Waals surface area (Å²) in [6.45, 7) is 0. The van der Waals surface area contributed by atoms with Crippen LogP contribution in [-0.2, 0) is 0 Å². The number of nitrogens with one attached hydrogen (secondary N) is 1. The maximum absolute atomic E-state index is 13.6. The highest BCUT2D eigenvalue weighted by Crippen LogP contribution is 2.31. The van der Waals surface area contributed by atoms with Gasteiger partial charge in [0.2, 0.25) is 0 Å². The van der Waals surface area contributed by atoms with Crippen molar-refractivity contribution in [1.82, 2.24) is 5.43 Å². The Kier molecular flexibility index (Phi) is 3.88. The third-order valence-corrected chi connectivity index (χ3v) is 3.90. The molecule has 0 bridgehead atoms. The van der Waals surface area contributed by atoms with Gasteiger partial charge < -0.3 is 0 Å². The van der Waals surface area contributed by atoms with Crippen molar-refractivity contribution in [2.45, 2.75) is 6.04 Å². The van der Waals surface area contributed by atoms with E-state index in [4.69, 9.17) is 5.84 Å². The summed E-state index contributed by atoms with van der Waals surface area (Å²) in [5, 5.41) is 1.79. The standard InChI is InChI=1S/C11H9BrF2N2S/c12-9-4-6(5-17-9)11(16-15)10-7(13)2-1-3-8(10)14/h1-5,11,16H,15H2. The zero-order chi connectivity index (χ0) is 12.4. The van der Waals surface area contributed by atoms with Gasteiger partial charge in [0.25, 0.3) is 0 Å². The number of benzene rings is 1. The second kappa shape index (κ2) is 5.22. The van der Waals surface area contributed by atoms with E-state index in [2.05, 4.69) is 21.4 Å². The number of nitrogens with two attached hydrogens (primary N) is 1. The van der Waals surface area contributed by atoms with Crippen LogP contribution in [0.1, 0.15) is 17.2 Å². The molecule has 0 aliphatic rings. The van der Waals surface area contributed by atoms with Crippen LogP contribution in [-0.4, -0.2) is 0 Å². The minimum atomic E-state index is -0.696. The molecule has 0 aliphatic carbocycles. The molecule has 2 nitrogen and oxygen atoms in total. The van der Waals surface area contributed by atoms with Crippen LogP contribution in [0, 0.1) is 11.6 Å². The molecule has 2 rings (SSSR count). The molecule has 1 aromatic carbocycles. The normalized spacial score (nSPS) is 12.7. The maximum atomic E-state index is 13.6. The van der Waals surface area contributed by atoms with Gasteiger partial charge in [0.05, 0.1) is 9.83 Å². The number of hydrogen-bond acceptors (Lipinski definition) is 3. The Morgan fingerprint density at radius 2 is 1.94 bits per heavy atom. The lowest BCUT2D eigenvalue weighted by Crippen LogP contribution is -2.30. The molecule has 1 heterocycles. The van der Waals surface area contributed by atoms with E-state index in [1.807, 2.05) is 0 Å². The quantitative estimate of drug-likeness (QED) is 0.673. The third-order valence-electron chi connectivity index (χ3n) is 2.38. The van der Waals surface area contributed by atoms with Crippen LogP contribution in [0.3, 0.4) is 0 Å². The van der Waals surface area contributed by atoms with Gasteiger partial charge in [0, 0.05) is 5.56 Å². The molecule has 17 heavy (non-hydrogen) atoms. The first-order chi connectivity index (χ1) is 8.13. The molecule has 3 N–H and O–H groups in total. The molecule has 0 amide bonds. The summed E-state index contributed by atoms with van der Waals surface area (Å²) < 4.78 is 28.2. The molecule has 1 aromatic heterocycles. The monoisotopic (exact) mass is 318 g/mol. The second-order valence-electron chi connectivity index (χ2n) is 3.42. The van der Waals surface area contributed by atoms with Gasteiger partial charge in [-0.1, -0.05) is 6.07 Å². The van der Waals surface area contributed by atoms with E-state index in [9.17, 15) is 8.78 Å². The van der Waals surface area contributed by atoms with Gasteiger partial charge in [-0.2, -0.15) is 0 Å². The first-order valence-electron chi connectivity index (χ1n) is 4.77. The highest BCUT2D eigenvalue weighted by Gasteiger charge is 2.21. The summed E-state index contributed by atoms with van der Waals surface area (Å²) in [4.78, 5) is 0. The lowest BCUT2D eigenvalue weighted by molar-refractivity contribution is 0.511. The Hall–Kier alpha value is -0.820. The molecule has 6 heteroatoms. The average molecular weight is 319 g/mol. The Morgan fingerprint density at radius 1 is 1.29 bits per heavy atom. The summed E-state index contributed by atoms with van der Waals surface area (Å²) in [7, 11) is 0. The molecular formula is C11H9BrF2N2S. The summed E-state index contributed by atoms with van der Waals surface area (Å²) in [6.07, 6.45) is 0. The van der Waals surface area contributed by atoms with Gasteiger partial charge in [-0.05, 0) is 45.1 Å². The summed E-state index contributed by atoms with van der Waals surface area (Å²) >= 11 is 4.73. The topological polar surface area (TPSA) is 38.0 Å². The van der Waals surface area contributed by atoms with Gasteiger partial charge in [-0.15, -0.1) is 11.3 Å². The van der Waals surface area contributed by atoms with Crippen LogP contribution < -0.4 is 11.3 Å².